The van der Waals surface area contributed by atoms with Crippen LogP contribution in [0.2, 0.25) is 0 Å². The van der Waals surface area contributed by atoms with E-state index in [1.165, 1.54) is 30.0 Å². The first-order chi connectivity index (χ1) is 11.8. The Balaban J connectivity index is 1.93. The number of sulfonamides is 1. The molecule has 1 aromatic carbocycles. The molecule has 1 aliphatic carbocycles. The van der Waals surface area contributed by atoms with E-state index in [-0.39, 0.29) is 12.5 Å². The van der Waals surface area contributed by atoms with Crippen LogP contribution in [0, 0.1) is 13.8 Å². The van der Waals surface area contributed by atoms with Crippen LogP contribution < -0.4 is 9.62 Å². The number of carbonyl (C=O) groups is 1. The second-order valence-electron chi connectivity index (χ2n) is 6.62. The fourth-order valence-electron chi connectivity index (χ4n) is 3.04. The van der Waals surface area contributed by atoms with Gasteiger partial charge < -0.3 is 5.32 Å². The molecule has 5 nitrogen and oxygen atoms in total. The second-order valence-corrected chi connectivity index (χ2v) is 9.93. The number of rotatable bonds is 8. The number of carbonyl (C=O) groups excluding carboxylic acids is 1. The number of nitrogens with one attached hydrogen (secondary N) is 1. The summed E-state index contributed by atoms with van der Waals surface area (Å²) in [4.78, 5) is 12.2. The molecular formula is C18H28N2O3S2. The molecule has 25 heavy (non-hydrogen) atoms. The lowest BCUT2D eigenvalue weighted by Gasteiger charge is -2.24. The molecule has 0 spiro atoms. The summed E-state index contributed by atoms with van der Waals surface area (Å²) in [6.45, 7) is 4.19. The van der Waals surface area contributed by atoms with E-state index in [1.807, 2.05) is 37.7 Å². The average molecular weight is 385 g/mol. The normalized spacial score (nSPS) is 15.3. The van der Waals surface area contributed by atoms with Gasteiger partial charge in [0.05, 0.1) is 11.9 Å². The molecule has 2 rings (SSSR count). The van der Waals surface area contributed by atoms with Crippen LogP contribution in [-0.4, -0.2) is 44.7 Å². The third kappa shape index (κ3) is 5.92. The zero-order valence-electron chi connectivity index (χ0n) is 15.2. The molecule has 1 fully saturated rings. The van der Waals surface area contributed by atoms with Crippen molar-refractivity contribution in [3.63, 3.8) is 0 Å². The van der Waals surface area contributed by atoms with E-state index in [2.05, 4.69) is 5.32 Å². The van der Waals surface area contributed by atoms with Gasteiger partial charge in [-0.3, -0.25) is 9.10 Å². The number of anilines is 1. The van der Waals surface area contributed by atoms with Crippen molar-refractivity contribution in [3.8, 4) is 0 Å². The van der Waals surface area contributed by atoms with Gasteiger partial charge in [-0.15, -0.1) is 0 Å². The Bertz CT molecular complexity index is 698. The van der Waals surface area contributed by atoms with Crippen molar-refractivity contribution in [1.82, 2.24) is 5.32 Å². The van der Waals surface area contributed by atoms with E-state index in [0.29, 0.717) is 12.2 Å². The zero-order valence-corrected chi connectivity index (χ0v) is 16.9. The number of amides is 1. The SMILES string of the molecule is Cc1cccc(N(CC(=O)NCCSC2CCCC2)S(C)(=O)=O)c1C. The summed E-state index contributed by atoms with van der Waals surface area (Å²) in [5.41, 5.74) is 2.44. The molecule has 0 saturated heterocycles. The van der Waals surface area contributed by atoms with Crippen LogP contribution >= 0.6 is 11.8 Å². The molecule has 0 aliphatic heterocycles. The third-order valence-electron chi connectivity index (χ3n) is 4.61. The van der Waals surface area contributed by atoms with Crippen molar-refractivity contribution in [2.75, 3.05) is 29.4 Å². The maximum Gasteiger partial charge on any atom is 0.240 e. The number of hydrogen-bond donors (Lipinski definition) is 1. The van der Waals surface area contributed by atoms with Gasteiger partial charge in [-0.2, -0.15) is 11.8 Å². The van der Waals surface area contributed by atoms with E-state index in [1.54, 1.807) is 6.07 Å². The highest BCUT2D eigenvalue weighted by molar-refractivity contribution is 7.99. The lowest BCUT2D eigenvalue weighted by Crippen LogP contribution is -2.41. The van der Waals surface area contributed by atoms with Crippen LogP contribution in [0.25, 0.3) is 0 Å². The fourth-order valence-corrected chi connectivity index (χ4v) is 5.17. The maximum atomic E-state index is 12.2. The topological polar surface area (TPSA) is 66.5 Å². The molecular weight excluding hydrogens is 356 g/mol. The Morgan fingerprint density at radius 2 is 1.96 bits per heavy atom. The van der Waals surface area contributed by atoms with Gasteiger partial charge in [0.15, 0.2) is 0 Å². The van der Waals surface area contributed by atoms with Gasteiger partial charge in [0, 0.05) is 17.5 Å². The number of nitrogens with zero attached hydrogens (tertiary/aromatic N) is 1. The fraction of sp³-hybridized carbons (Fsp3) is 0.611. The minimum absolute atomic E-state index is 0.183. The Hall–Kier alpha value is -1.21. The predicted octanol–water partition coefficient (Wildman–Crippen LogP) is 2.86. The first-order valence-electron chi connectivity index (χ1n) is 8.71. The molecule has 140 valence electrons. The first kappa shape index (κ1) is 20.1. The van der Waals surface area contributed by atoms with E-state index in [4.69, 9.17) is 0 Å². The summed E-state index contributed by atoms with van der Waals surface area (Å²) in [5, 5.41) is 3.57. The maximum absolute atomic E-state index is 12.2. The predicted molar refractivity (Wildman–Crippen MR) is 106 cm³/mol. The first-order valence-corrected chi connectivity index (χ1v) is 11.6. The van der Waals surface area contributed by atoms with Gasteiger partial charge in [-0.25, -0.2) is 8.42 Å². The standard InChI is InChI=1S/C18H28N2O3S2/c1-14-7-6-10-17(15(14)2)20(25(3,22)23)13-18(21)19-11-12-24-16-8-4-5-9-16/h6-7,10,16H,4-5,8-9,11-13H2,1-3H3,(H,19,21). The van der Waals surface area contributed by atoms with E-state index >= 15 is 0 Å². The minimum Gasteiger partial charge on any atom is -0.354 e. The van der Waals surface area contributed by atoms with Crippen LogP contribution in [0.4, 0.5) is 5.69 Å². The van der Waals surface area contributed by atoms with Crippen molar-refractivity contribution >= 4 is 33.4 Å². The largest absolute Gasteiger partial charge is 0.354 e. The molecule has 0 heterocycles. The van der Waals surface area contributed by atoms with Crippen LogP contribution in [0.5, 0.6) is 0 Å². The monoisotopic (exact) mass is 384 g/mol. The van der Waals surface area contributed by atoms with Crippen molar-refractivity contribution in [3.05, 3.63) is 29.3 Å². The van der Waals surface area contributed by atoms with Crippen LogP contribution in [-0.2, 0) is 14.8 Å². The van der Waals surface area contributed by atoms with E-state index in [0.717, 1.165) is 28.4 Å². The van der Waals surface area contributed by atoms with Gasteiger partial charge in [0.2, 0.25) is 15.9 Å². The quantitative estimate of drug-likeness (QED) is 0.700. The lowest BCUT2D eigenvalue weighted by atomic mass is 10.1. The molecule has 7 heteroatoms. The Labute approximate surface area is 155 Å². The van der Waals surface area contributed by atoms with Crippen LogP contribution in [0.15, 0.2) is 18.2 Å². The van der Waals surface area contributed by atoms with Crippen LogP contribution in [0.3, 0.4) is 0 Å². The van der Waals surface area contributed by atoms with Crippen molar-refractivity contribution in [1.29, 1.82) is 0 Å². The number of aryl methyl sites for hydroxylation is 1. The molecule has 0 unspecified atom stereocenters. The van der Waals surface area contributed by atoms with E-state index in [9.17, 15) is 13.2 Å². The molecule has 1 N–H and O–H groups in total. The van der Waals surface area contributed by atoms with Crippen molar-refractivity contribution in [2.24, 2.45) is 0 Å². The molecule has 1 saturated carbocycles. The molecule has 0 aromatic heterocycles. The Kier molecular flexibility index (Phi) is 7.19. The molecule has 0 bridgehead atoms. The van der Waals surface area contributed by atoms with Gasteiger partial charge in [-0.1, -0.05) is 25.0 Å². The second kappa shape index (κ2) is 8.94. The van der Waals surface area contributed by atoms with Crippen molar-refractivity contribution < 1.29 is 13.2 Å². The summed E-state index contributed by atoms with van der Waals surface area (Å²) in [6.07, 6.45) is 6.30. The Morgan fingerprint density at radius 3 is 2.60 bits per heavy atom. The van der Waals surface area contributed by atoms with Crippen molar-refractivity contribution in [2.45, 2.75) is 44.8 Å². The molecule has 1 amide bonds. The number of hydrogen-bond acceptors (Lipinski definition) is 4. The highest BCUT2D eigenvalue weighted by Crippen LogP contribution is 2.29. The molecule has 1 aliphatic rings. The number of benzene rings is 1. The van der Waals surface area contributed by atoms with Gasteiger partial charge in [0.1, 0.15) is 6.54 Å². The molecule has 0 radical (unpaired) electrons. The third-order valence-corrected chi connectivity index (χ3v) is 7.12. The molecule has 0 atom stereocenters. The van der Waals surface area contributed by atoms with E-state index < -0.39 is 10.0 Å². The summed E-state index contributed by atoms with van der Waals surface area (Å²) in [5.74, 6) is 0.608. The Morgan fingerprint density at radius 1 is 1.28 bits per heavy atom. The summed E-state index contributed by atoms with van der Waals surface area (Å²) < 4.78 is 25.5. The summed E-state index contributed by atoms with van der Waals surface area (Å²) >= 11 is 1.90. The summed E-state index contributed by atoms with van der Waals surface area (Å²) in [7, 11) is -3.53. The highest BCUT2D eigenvalue weighted by atomic mass is 32.2. The smallest absolute Gasteiger partial charge is 0.240 e. The average Bonchev–Trinajstić information content (AvgIpc) is 3.05. The highest BCUT2D eigenvalue weighted by Gasteiger charge is 2.22. The molecule has 1 aromatic rings. The lowest BCUT2D eigenvalue weighted by molar-refractivity contribution is -0.119. The van der Waals surface area contributed by atoms with Gasteiger partial charge >= 0.3 is 0 Å². The van der Waals surface area contributed by atoms with Gasteiger partial charge in [0.25, 0.3) is 0 Å². The zero-order chi connectivity index (χ0) is 18.4. The van der Waals surface area contributed by atoms with Crippen LogP contribution in [0.1, 0.15) is 36.8 Å². The number of thioether (sulfide) groups is 1. The van der Waals surface area contributed by atoms with Gasteiger partial charge in [-0.05, 0) is 43.9 Å². The summed E-state index contributed by atoms with van der Waals surface area (Å²) in [6, 6.07) is 5.48. The minimum atomic E-state index is -3.53.